The van der Waals surface area contributed by atoms with Gasteiger partial charge in [-0.25, -0.2) is 4.79 Å². The van der Waals surface area contributed by atoms with Crippen LogP contribution in [0.25, 0.3) is 0 Å². The van der Waals surface area contributed by atoms with Crippen LogP contribution in [0.15, 0.2) is 59.5 Å². The fourth-order valence-corrected chi connectivity index (χ4v) is 4.02. The van der Waals surface area contributed by atoms with Crippen molar-refractivity contribution in [3.8, 4) is 11.5 Å². The van der Waals surface area contributed by atoms with Gasteiger partial charge in [0.05, 0.1) is 10.6 Å². The number of pyridine rings is 1. The Morgan fingerprint density at radius 2 is 1.74 bits per heavy atom. The Morgan fingerprint density at radius 3 is 2.26 bits per heavy atom. The Bertz CT molecular complexity index is 1310. The van der Waals surface area contributed by atoms with Gasteiger partial charge in [-0.05, 0) is 42.0 Å². The number of benzene rings is 2. The van der Waals surface area contributed by atoms with E-state index in [1.165, 1.54) is 50.4 Å². The highest BCUT2D eigenvalue weighted by atomic mass is 35.5. The zero-order chi connectivity index (χ0) is 25.4. The maximum atomic E-state index is 14.1. The van der Waals surface area contributed by atoms with Gasteiger partial charge in [-0.2, -0.15) is 13.2 Å². The number of ether oxygens (including phenoxy) is 1. The molecular formula is C23H18Cl2F3NO5. The van der Waals surface area contributed by atoms with Gasteiger partial charge in [0.2, 0.25) is 5.56 Å². The molecule has 0 aliphatic rings. The number of aryl methyl sites for hydroxylation is 1. The molecule has 1 heterocycles. The van der Waals surface area contributed by atoms with Crippen LogP contribution in [0.5, 0.6) is 11.5 Å². The van der Waals surface area contributed by atoms with E-state index in [0.29, 0.717) is 0 Å². The van der Waals surface area contributed by atoms with E-state index in [2.05, 4.69) is 0 Å². The fraction of sp³-hybridized carbons (Fsp3) is 0.217. The molecule has 180 valence electrons. The first kappa shape index (κ1) is 25.6. The number of hydrogen-bond acceptors (Lipinski definition) is 4. The Labute approximate surface area is 201 Å². The van der Waals surface area contributed by atoms with Crippen LogP contribution >= 0.6 is 23.2 Å². The average molecular weight is 516 g/mol. The number of alkyl halides is 3. The molecule has 2 N–H and O–H groups in total. The Kier molecular flexibility index (Phi) is 7.02. The van der Waals surface area contributed by atoms with Crippen molar-refractivity contribution >= 4 is 29.2 Å². The molecule has 0 amide bonds. The summed E-state index contributed by atoms with van der Waals surface area (Å²) < 4.78 is 48.9. The summed E-state index contributed by atoms with van der Waals surface area (Å²) in [5, 5.41) is 19.8. The van der Waals surface area contributed by atoms with Crippen LogP contribution < -0.4 is 10.3 Å². The summed E-state index contributed by atoms with van der Waals surface area (Å²) in [7, 11) is 1.28. The lowest BCUT2D eigenvalue weighted by Crippen LogP contribution is -2.47. The summed E-state index contributed by atoms with van der Waals surface area (Å²) in [5.41, 5.74) is -4.47. The predicted molar refractivity (Wildman–Crippen MR) is 120 cm³/mol. The van der Waals surface area contributed by atoms with E-state index >= 15 is 0 Å². The van der Waals surface area contributed by atoms with Crippen molar-refractivity contribution in [1.82, 2.24) is 4.57 Å². The number of carboxylic acids is 1. The van der Waals surface area contributed by atoms with Crippen LogP contribution in [0.2, 0.25) is 10.0 Å². The summed E-state index contributed by atoms with van der Waals surface area (Å²) >= 11 is 12.3. The largest absolute Gasteiger partial charge is 0.478 e. The Balaban J connectivity index is 1.98. The van der Waals surface area contributed by atoms with Gasteiger partial charge in [-0.3, -0.25) is 4.79 Å². The van der Waals surface area contributed by atoms with Crippen molar-refractivity contribution < 1.29 is 32.9 Å². The van der Waals surface area contributed by atoms with Gasteiger partial charge in [-0.1, -0.05) is 36.2 Å². The zero-order valence-corrected chi connectivity index (χ0v) is 19.2. The topological polar surface area (TPSA) is 88.8 Å². The molecule has 0 fully saturated rings. The third-order valence-corrected chi connectivity index (χ3v) is 6.05. The maximum Gasteiger partial charge on any atom is 0.422 e. The number of carboxylic acid groups (broad SMARTS) is 1. The van der Waals surface area contributed by atoms with E-state index in [1.807, 2.05) is 0 Å². The normalized spacial score (nSPS) is 14.4. The van der Waals surface area contributed by atoms with Gasteiger partial charge in [0.25, 0.3) is 0 Å². The second-order valence-corrected chi connectivity index (χ2v) is 8.40. The monoisotopic (exact) mass is 515 g/mol. The number of aromatic nitrogens is 1. The quantitative estimate of drug-likeness (QED) is 0.437. The molecule has 3 aromatic rings. The zero-order valence-electron chi connectivity index (χ0n) is 17.7. The molecule has 0 bridgehead atoms. The van der Waals surface area contributed by atoms with Crippen molar-refractivity contribution in [3.05, 3.63) is 91.8 Å². The van der Waals surface area contributed by atoms with Gasteiger partial charge in [0.15, 0.2) is 5.60 Å². The van der Waals surface area contributed by atoms with Gasteiger partial charge in [-0.15, -0.1) is 0 Å². The highest BCUT2D eigenvalue weighted by molar-refractivity contribution is 6.32. The van der Waals surface area contributed by atoms with E-state index < -0.39 is 34.8 Å². The summed E-state index contributed by atoms with van der Waals surface area (Å²) in [6, 6.07) is 9.55. The van der Waals surface area contributed by atoms with E-state index in [1.54, 1.807) is 0 Å². The van der Waals surface area contributed by atoms with Gasteiger partial charge < -0.3 is 19.5 Å². The van der Waals surface area contributed by atoms with Crippen LogP contribution in [-0.4, -0.2) is 26.9 Å². The number of hydrogen-bond donors (Lipinski definition) is 2. The number of aliphatic hydroxyl groups is 1. The Morgan fingerprint density at radius 1 is 1.06 bits per heavy atom. The van der Waals surface area contributed by atoms with Crippen LogP contribution in [0.4, 0.5) is 13.2 Å². The van der Waals surface area contributed by atoms with Crippen LogP contribution in [0.3, 0.4) is 0 Å². The molecule has 3 rings (SSSR count). The summed E-state index contributed by atoms with van der Waals surface area (Å²) in [6.45, 7) is 1.17. The summed E-state index contributed by atoms with van der Waals surface area (Å²) in [4.78, 5) is 22.7. The third-order valence-electron chi connectivity index (χ3n) is 5.43. The standard InChI is InChI=1S/C23H18Cl2F3NO5/c1-12(22(33,23(26,27)28)14-4-8-20(30)29(2)11-14)16-6-5-15(10-17(16)24)34-19-7-3-13(21(31)32)9-18(19)25/h3-12,33H,1-2H3,(H,31,32). The molecule has 6 nitrogen and oxygen atoms in total. The highest BCUT2D eigenvalue weighted by Gasteiger charge is 2.59. The number of halogens is 5. The molecule has 0 saturated heterocycles. The Hall–Kier alpha value is -3.01. The molecule has 0 saturated carbocycles. The number of carbonyl (C=O) groups is 1. The molecule has 2 aromatic carbocycles. The van der Waals surface area contributed by atoms with Crippen molar-refractivity contribution in [2.75, 3.05) is 0 Å². The molecule has 0 aliphatic carbocycles. The first-order valence-corrected chi connectivity index (χ1v) is 10.5. The maximum absolute atomic E-state index is 14.1. The third kappa shape index (κ3) is 4.77. The summed E-state index contributed by atoms with van der Waals surface area (Å²) in [6.07, 6.45) is -4.16. The SMILES string of the molecule is CC(c1ccc(Oc2ccc(C(=O)O)cc2Cl)cc1Cl)C(O)(c1ccc(=O)n(C)c1)C(F)(F)F. The fourth-order valence-electron chi connectivity index (χ4n) is 3.47. The van der Waals surface area contributed by atoms with Crippen molar-refractivity contribution in [3.63, 3.8) is 0 Å². The minimum atomic E-state index is -5.10. The summed E-state index contributed by atoms with van der Waals surface area (Å²) in [5.74, 6) is -2.50. The minimum Gasteiger partial charge on any atom is -0.478 e. The highest BCUT2D eigenvalue weighted by Crippen LogP contribution is 2.50. The van der Waals surface area contributed by atoms with Gasteiger partial charge >= 0.3 is 12.1 Å². The molecule has 0 spiro atoms. The number of rotatable bonds is 6. The lowest BCUT2D eigenvalue weighted by molar-refractivity contribution is -0.274. The molecular weight excluding hydrogens is 498 g/mol. The lowest BCUT2D eigenvalue weighted by atomic mass is 9.78. The smallest absolute Gasteiger partial charge is 0.422 e. The average Bonchev–Trinajstić information content (AvgIpc) is 2.75. The molecule has 1 aromatic heterocycles. The number of aromatic carboxylic acids is 1. The number of nitrogens with zero attached hydrogens (tertiary/aromatic N) is 1. The van der Waals surface area contributed by atoms with Crippen molar-refractivity contribution in [1.29, 1.82) is 0 Å². The van der Waals surface area contributed by atoms with Crippen LogP contribution in [-0.2, 0) is 12.6 Å². The van der Waals surface area contributed by atoms with Gasteiger partial charge in [0, 0.05) is 35.8 Å². The van der Waals surface area contributed by atoms with Crippen LogP contribution in [0, 0.1) is 0 Å². The van der Waals surface area contributed by atoms with Gasteiger partial charge in [0.1, 0.15) is 11.5 Å². The lowest BCUT2D eigenvalue weighted by Gasteiger charge is -2.37. The predicted octanol–water partition coefficient (Wildman–Crippen LogP) is 5.74. The van der Waals surface area contributed by atoms with Crippen molar-refractivity contribution in [2.45, 2.75) is 24.6 Å². The molecule has 11 heteroatoms. The molecule has 0 radical (unpaired) electrons. The second-order valence-electron chi connectivity index (χ2n) is 7.59. The van der Waals surface area contributed by atoms with Crippen molar-refractivity contribution in [2.24, 2.45) is 7.05 Å². The van der Waals surface area contributed by atoms with E-state index in [4.69, 9.17) is 33.0 Å². The first-order valence-electron chi connectivity index (χ1n) is 9.72. The van der Waals surface area contributed by atoms with Crippen LogP contribution in [0.1, 0.15) is 34.3 Å². The molecule has 2 atom stereocenters. The minimum absolute atomic E-state index is 0.00889. The second kappa shape index (κ2) is 9.32. The molecule has 0 aliphatic heterocycles. The van der Waals surface area contributed by atoms with E-state index in [9.17, 15) is 27.9 Å². The molecule has 34 heavy (non-hydrogen) atoms. The molecule has 2 unspecified atom stereocenters. The first-order chi connectivity index (χ1) is 15.8. The van der Waals surface area contributed by atoms with E-state index in [0.717, 1.165) is 22.9 Å². The van der Waals surface area contributed by atoms with E-state index in [-0.39, 0.29) is 32.7 Å².